The molecular formula is C20H22N2O2. The van der Waals surface area contributed by atoms with Crippen molar-refractivity contribution in [3.8, 4) is 0 Å². The Morgan fingerprint density at radius 2 is 1.83 bits per heavy atom. The highest BCUT2D eigenvalue weighted by Crippen LogP contribution is 2.46. The topological polar surface area (TPSA) is 55.6 Å². The largest absolute Gasteiger partial charge is 0.444 e. The Balaban J connectivity index is 1.60. The Bertz CT molecular complexity index is 731. The predicted molar refractivity (Wildman–Crippen MR) is 93.6 cm³/mol. The van der Waals surface area contributed by atoms with Gasteiger partial charge in [-0.25, -0.2) is 4.79 Å². The molecular weight excluding hydrogens is 300 g/mol. The van der Waals surface area contributed by atoms with Crippen molar-refractivity contribution in [3.05, 3.63) is 65.7 Å². The van der Waals surface area contributed by atoms with Crippen LogP contribution in [0.2, 0.25) is 0 Å². The molecule has 1 aliphatic carbocycles. The molecule has 124 valence electrons. The van der Waals surface area contributed by atoms with Crippen LogP contribution < -0.4 is 10.6 Å². The molecule has 0 bridgehead atoms. The van der Waals surface area contributed by atoms with Crippen molar-refractivity contribution in [2.24, 2.45) is 11.7 Å². The summed E-state index contributed by atoms with van der Waals surface area (Å²) in [5.74, 6) is 0.323. The maximum absolute atomic E-state index is 12.8. The van der Waals surface area contributed by atoms with Gasteiger partial charge in [-0.05, 0) is 36.0 Å². The Kier molecular flexibility index (Phi) is 3.98. The monoisotopic (exact) mass is 322 g/mol. The van der Waals surface area contributed by atoms with Crippen molar-refractivity contribution in [1.82, 2.24) is 0 Å². The molecule has 2 N–H and O–H groups in total. The van der Waals surface area contributed by atoms with Crippen molar-refractivity contribution in [3.63, 3.8) is 0 Å². The van der Waals surface area contributed by atoms with Crippen LogP contribution in [0.1, 0.15) is 36.4 Å². The summed E-state index contributed by atoms with van der Waals surface area (Å²) < 4.78 is 5.61. The number of nitrogens with two attached hydrogens (primary N) is 1. The van der Waals surface area contributed by atoms with Crippen LogP contribution in [0, 0.1) is 5.92 Å². The van der Waals surface area contributed by atoms with Gasteiger partial charge in [-0.15, -0.1) is 0 Å². The molecule has 1 saturated carbocycles. The van der Waals surface area contributed by atoms with Gasteiger partial charge in [0.25, 0.3) is 0 Å². The molecule has 3 atom stereocenters. The lowest BCUT2D eigenvalue weighted by atomic mass is 9.83. The van der Waals surface area contributed by atoms with Crippen molar-refractivity contribution < 1.29 is 9.53 Å². The van der Waals surface area contributed by atoms with E-state index in [2.05, 4.69) is 0 Å². The quantitative estimate of drug-likeness (QED) is 0.909. The lowest BCUT2D eigenvalue weighted by Gasteiger charge is -2.41. The summed E-state index contributed by atoms with van der Waals surface area (Å²) in [6, 6.07) is 17.9. The van der Waals surface area contributed by atoms with E-state index in [1.807, 2.05) is 59.5 Å². The molecule has 1 fully saturated rings. The molecule has 0 radical (unpaired) electrons. The number of benzene rings is 2. The summed E-state index contributed by atoms with van der Waals surface area (Å²) in [5.41, 5.74) is 9.44. The molecule has 4 rings (SSSR count). The zero-order chi connectivity index (χ0) is 16.5. The van der Waals surface area contributed by atoms with Crippen LogP contribution >= 0.6 is 0 Å². The van der Waals surface area contributed by atoms with Crippen LogP contribution in [0.15, 0.2) is 54.6 Å². The fourth-order valence-corrected chi connectivity index (χ4v) is 4.13. The number of nitrogens with zero attached hydrogens (tertiary/aromatic N) is 1. The first kappa shape index (κ1) is 15.2. The Hall–Kier alpha value is -2.33. The van der Waals surface area contributed by atoms with Crippen molar-refractivity contribution in [2.45, 2.75) is 38.0 Å². The number of para-hydroxylation sites is 1. The van der Waals surface area contributed by atoms with Crippen molar-refractivity contribution in [1.29, 1.82) is 0 Å². The fraction of sp³-hybridized carbons (Fsp3) is 0.350. The van der Waals surface area contributed by atoms with Crippen LogP contribution in [0.3, 0.4) is 0 Å². The highest BCUT2D eigenvalue weighted by Gasteiger charge is 2.45. The van der Waals surface area contributed by atoms with Crippen LogP contribution in [0.5, 0.6) is 0 Å². The minimum Gasteiger partial charge on any atom is -0.444 e. The summed E-state index contributed by atoms with van der Waals surface area (Å²) in [6.45, 7) is 0.293. The molecule has 0 spiro atoms. The molecule has 1 aliphatic heterocycles. The third kappa shape index (κ3) is 2.57. The van der Waals surface area contributed by atoms with Gasteiger partial charge in [-0.3, -0.25) is 4.90 Å². The summed E-state index contributed by atoms with van der Waals surface area (Å²) in [7, 11) is 0. The van der Waals surface area contributed by atoms with Crippen LogP contribution in [-0.2, 0) is 11.3 Å². The van der Waals surface area contributed by atoms with Crippen LogP contribution in [0.4, 0.5) is 10.5 Å². The third-order valence-electron chi connectivity index (χ3n) is 5.28. The molecule has 24 heavy (non-hydrogen) atoms. The maximum Gasteiger partial charge on any atom is 0.414 e. The molecule has 1 heterocycles. The van der Waals surface area contributed by atoms with E-state index in [0.717, 1.165) is 36.1 Å². The van der Waals surface area contributed by atoms with Gasteiger partial charge in [-0.1, -0.05) is 55.0 Å². The molecule has 2 aromatic carbocycles. The number of amides is 1. The molecule has 0 unspecified atom stereocenters. The summed E-state index contributed by atoms with van der Waals surface area (Å²) in [6.07, 6.45) is 2.91. The number of hydrogen-bond acceptors (Lipinski definition) is 3. The molecule has 1 amide bonds. The zero-order valence-electron chi connectivity index (χ0n) is 13.6. The molecule has 4 nitrogen and oxygen atoms in total. The van der Waals surface area contributed by atoms with E-state index in [4.69, 9.17) is 10.5 Å². The SMILES string of the molecule is N[C@H]1c2ccccc2N(C(=O)OCc2ccccc2)[C@@H]2CCC[C@@H]21. The van der Waals surface area contributed by atoms with E-state index in [0.29, 0.717) is 12.5 Å². The second-order valence-electron chi connectivity index (χ2n) is 6.66. The number of fused-ring (bicyclic) bond motifs is 2. The summed E-state index contributed by atoms with van der Waals surface area (Å²) >= 11 is 0. The van der Waals surface area contributed by atoms with Gasteiger partial charge < -0.3 is 10.5 Å². The van der Waals surface area contributed by atoms with Crippen LogP contribution in [-0.4, -0.2) is 12.1 Å². The number of carbonyl (C=O) groups excluding carboxylic acids is 1. The predicted octanol–water partition coefficient (Wildman–Crippen LogP) is 4.01. The average Bonchev–Trinajstić information content (AvgIpc) is 3.11. The first-order valence-corrected chi connectivity index (χ1v) is 8.60. The van der Waals surface area contributed by atoms with Gasteiger partial charge in [0.15, 0.2) is 0 Å². The van der Waals surface area contributed by atoms with Gasteiger partial charge in [0.05, 0.1) is 5.69 Å². The smallest absolute Gasteiger partial charge is 0.414 e. The number of hydrogen-bond donors (Lipinski definition) is 1. The minimum absolute atomic E-state index is 0.00636. The van der Waals surface area contributed by atoms with E-state index < -0.39 is 0 Å². The second-order valence-corrected chi connectivity index (χ2v) is 6.66. The van der Waals surface area contributed by atoms with E-state index in [-0.39, 0.29) is 18.2 Å². The third-order valence-corrected chi connectivity index (χ3v) is 5.28. The molecule has 2 aliphatic rings. The zero-order valence-corrected chi connectivity index (χ0v) is 13.6. The summed E-state index contributed by atoms with van der Waals surface area (Å²) in [5, 5.41) is 0. The molecule has 0 aromatic heterocycles. The normalized spacial score (nSPS) is 25.0. The maximum atomic E-state index is 12.8. The lowest BCUT2D eigenvalue weighted by molar-refractivity contribution is 0.141. The standard InChI is InChI=1S/C20H22N2O2/c21-19-15-9-4-5-11-17(15)22(18-12-6-10-16(18)19)20(23)24-13-14-7-2-1-3-8-14/h1-5,7-9,11,16,18-19H,6,10,12-13,21H2/t16-,18+,19-/m0/s1. The second kappa shape index (κ2) is 6.29. The van der Waals surface area contributed by atoms with E-state index in [1.165, 1.54) is 0 Å². The van der Waals surface area contributed by atoms with Crippen molar-refractivity contribution >= 4 is 11.8 Å². The van der Waals surface area contributed by atoms with Gasteiger partial charge >= 0.3 is 6.09 Å². The minimum atomic E-state index is -0.268. The lowest BCUT2D eigenvalue weighted by Crippen LogP contribution is -2.49. The Morgan fingerprint density at radius 3 is 2.67 bits per heavy atom. The number of rotatable bonds is 2. The number of carbonyl (C=O) groups is 1. The van der Waals surface area contributed by atoms with Crippen LogP contribution in [0.25, 0.3) is 0 Å². The first-order valence-electron chi connectivity index (χ1n) is 8.60. The van der Waals surface area contributed by atoms with Gasteiger partial charge in [-0.2, -0.15) is 0 Å². The van der Waals surface area contributed by atoms with Crippen molar-refractivity contribution in [2.75, 3.05) is 4.90 Å². The van der Waals surface area contributed by atoms with E-state index >= 15 is 0 Å². The Labute approximate surface area is 142 Å². The van der Waals surface area contributed by atoms with Gasteiger partial charge in [0.1, 0.15) is 6.61 Å². The molecule has 4 heteroatoms. The number of anilines is 1. The highest BCUT2D eigenvalue weighted by atomic mass is 16.6. The fourth-order valence-electron chi connectivity index (χ4n) is 4.13. The van der Waals surface area contributed by atoms with Gasteiger partial charge in [0, 0.05) is 12.1 Å². The van der Waals surface area contributed by atoms with E-state index in [1.54, 1.807) is 0 Å². The summed E-state index contributed by atoms with van der Waals surface area (Å²) in [4.78, 5) is 14.7. The first-order chi connectivity index (χ1) is 11.8. The molecule has 0 saturated heterocycles. The average molecular weight is 322 g/mol. The Morgan fingerprint density at radius 1 is 1.08 bits per heavy atom. The highest BCUT2D eigenvalue weighted by molar-refractivity contribution is 5.90. The van der Waals surface area contributed by atoms with Gasteiger partial charge in [0.2, 0.25) is 0 Å². The number of ether oxygens (including phenoxy) is 1. The van der Waals surface area contributed by atoms with E-state index in [9.17, 15) is 4.79 Å². The molecule has 2 aromatic rings.